The molecule has 0 fully saturated rings. The number of nitrogens with zero attached hydrogens (tertiary/aromatic N) is 1. The summed E-state index contributed by atoms with van der Waals surface area (Å²) >= 11 is 0. The number of hydrogen-bond donors (Lipinski definition) is 2. The summed E-state index contributed by atoms with van der Waals surface area (Å²) in [4.78, 5) is 1.28. The van der Waals surface area contributed by atoms with Crippen LogP contribution in [-0.2, 0) is 6.54 Å². The molecule has 3 nitrogen and oxygen atoms in total. The molecular weight excluding hydrogens is 290 g/mol. The van der Waals surface area contributed by atoms with E-state index >= 15 is 0 Å². The van der Waals surface area contributed by atoms with Crippen molar-refractivity contribution in [2.45, 2.75) is 32.2 Å². The molecule has 0 aromatic heterocycles. The van der Waals surface area contributed by atoms with Gasteiger partial charge in [0.25, 0.3) is 0 Å². The molecule has 0 saturated carbocycles. The van der Waals surface area contributed by atoms with Crippen molar-refractivity contribution in [3.63, 3.8) is 0 Å². The molecule has 0 radical (unpaired) electrons. The van der Waals surface area contributed by atoms with Crippen LogP contribution in [0, 0.1) is 12.7 Å². The van der Waals surface area contributed by atoms with Crippen molar-refractivity contribution < 1.29 is 27.8 Å². The lowest BCUT2D eigenvalue weighted by Gasteiger charge is -2.25. The van der Waals surface area contributed by atoms with Gasteiger partial charge in [-0.05, 0) is 13.0 Å². The molecule has 0 spiro atoms. The Balaban J connectivity index is 2.77. The minimum absolute atomic E-state index is 0.0549. The second-order valence-corrected chi connectivity index (χ2v) is 5.03. The Morgan fingerprint density at radius 1 is 1.29 bits per heavy atom. The summed E-state index contributed by atoms with van der Waals surface area (Å²) in [5.74, 6) is -0.504. The number of benzene rings is 1. The molecule has 1 aromatic carbocycles. The lowest BCUT2D eigenvalue weighted by molar-refractivity contribution is -0.139. The number of hydrogen-bond acceptors (Lipinski definition) is 3. The van der Waals surface area contributed by atoms with Crippen molar-refractivity contribution >= 4 is 0 Å². The monoisotopic (exact) mass is 309 g/mol. The minimum Gasteiger partial charge on any atom is -0.394 e. The Morgan fingerprint density at radius 3 is 2.52 bits per heavy atom. The van der Waals surface area contributed by atoms with Gasteiger partial charge in [0, 0.05) is 25.2 Å². The van der Waals surface area contributed by atoms with Crippen LogP contribution in [0.1, 0.15) is 17.5 Å². The number of aliphatic hydroxyl groups is 2. The third-order valence-corrected chi connectivity index (χ3v) is 2.99. The maximum absolute atomic E-state index is 13.7. The van der Waals surface area contributed by atoms with Crippen LogP contribution in [0.15, 0.2) is 18.2 Å². The largest absolute Gasteiger partial charge is 0.394 e. The summed E-state index contributed by atoms with van der Waals surface area (Å²) in [7, 11) is 0. The summed E-state index contributed by atoms with van der Waals surface area (Å²) < 4.78 is 50.6. The fourth-order valence-corrected chi connectivity index (χ4v) is 1.94. The predicted octanol–water partition coefficient (Wildman–Crippen LogP) is 2.24. The highest BCUT2D eigenvalue weighted by atomic mass is 19.4. The normalized spacial score (nSPS) is 13.7. The third-order valence-electron chi connectivity index (χ3n) is 2.99. The summed E-state index contributed by atoms with van der Waals surface area (Å²) in [5, 5.41) is 18.2. The van der Waals surface area contributed by atoms with Crippen molar-refractivity contribution in [1.82, 2.24) is 4.90 Å². The van der Waals surface area contributed by atoms with E-state index in [4.69, 9.17) is 5.11 Å². The number of aliphatic hydroxyl groups excluding tert-OH is 2. The molecule has 0 aliphatic heterocycles. The molecule has 0 bridgehead atoms. The molecule has 1 aromatic rings. The maximum Gasteiger partial charge on any atom is 0.390 e. The first-order valence-corrected chi connectivity index (χ1v) is 6.54. The summed E-state index contributed by atoms with van der Waals surface area (Å²) in [6.45, 7) is 0.624. The zero-order valence-electron chi connectivity index (χ0n) is 11.7. The number of halogens is 4. The molecule has 0 aliphatic rings. The van der Waals surface area contributed by atoms with Crippen LogP contribution in [0.2, 0.25) is 0 Å². The quantitative estimate of drug-likeness (QED) is 0.759. The smallest absolute Gasteiger partial charge is 0.390 e. The molecule has 7 heteroatoms. The third kappa shape index (κ3) is 6.88. The van der Waals surface area contributed by atoms with Crippen LogP contribution in [0.5, 0.6) is 0 Å². The van der Waals surface area contributed by atoms with Gasteiger partial charge < -0.3 is 10.2 Å². The van der Waals surface area contributed by atoms with Gasteiger partial charge in [-0.1, -0.05) is 17.7 Å². The topological polar surface area (TPSA) is 43.7 Å². The molecule has 0 heterocycles. The average molecular weight is 309 g/mol. The molecule has 1 atom stereocenters. The highest BCUT2D eigenvalue weighted by molar-refractivity contribution is 5.24. The summed E-state index contributed by atoms with van der Waals surface area (Å²) in [6, 6.07) is 4.39. The van der Waals surface area contributed by atoms with Crippen LogP contribution >= 0.6 is 0 Å². The van der Waals surface area contributed by atoms with Gasteiger partial charge in [-0.25, -0.2) is 4.39 Å². The Bertz CT molecular complexity index is 451. The molecule has 0 saturated heterocycles. The van der Waals surface area contributed by atoms with E-state index in [9.17, 15) is 22.7 Å². The maximum atomic E-state index is 13.7. The molecule has 0 amide bonds. The standard InChI is InChI=1S/C14H19F4NO2/c1-10-2-3-13(15)11(6-10)7-19(8-12(21)9-20)5-4-14(16,17)18/h2-3,6,12,20-21H,4-5,7-9H2,1H3/t12-/m0/s1. The SMILES string of the molecule is Cc1ccc(F)c(CN(CCC(F)(F)F)C[C@H](O)CO)c1. The van der Waals surface area contributed by atoms with Crippen LogP contribution in [-0.4, -0.2) is 47.1 Å². The molecule has 120 valence electrons. The van der Waals surface area contributed by atoms with Gasteiger partial charge >= 0.3 is 6.18 Å². The second kappa shape index (κ2) is 7.72. The number of rotatable bonds is 7. The lowest BCUT2D eigenvalue weighted by Crippen LogP contribution is -2.36. The average Bonchev–Trinajstić information content (AvgIpc) is 2.39. The fraction of sp³-hybridized carbons (Fsp3) is 0.571. The number of alkyl halides is 3. The molecule has 21 heavy (non-hydrogen) atoms. The Labute approximate surface area is 120 Å². The summed E-state index contributed by atoms with van der Waals surface area (Å²) in [6.07, 6.45) is -6.54. The van der Waals surface area contributed by atoms with Crippen molar-refractivity contribution in [2.24, 2.45) is 0 Å². The van der Waals surface area contributed by atoms with E-state index in [1.54, 1.807) is 19.1 Å². The van der Waals surface area contributed by atoms with Gasteiger partial charge in [-0.3, -0.25) is 4.90 Å². The van der Waals surface area contributed by atoms with Gasteiger partial charge in [0.2, 0.25) is 0 Å². The van der Waals surface area contributed by atoms with E-state index < -0.39 is 31.1 Å². The van der Waals surface area contributed by atoms with E-state index in [1.165, 1.54) is 11.0 Å². The molecule has 2 N–H and O–H groups in total. The molecular formula is C14H19F4NO2. The molecule has 0 aliphatic carbocycles. The van der Waals surface area contributed by atoms with Gasteiger partial charge in [0.15, 0.2) is 0 Å². The first kappa shape index (κ1) is 17.9. The van der Waals surface area contributed by atoms with Gasteiger partial charge in [0.1, 0.15) is 5.82 Å². The van der Waals surface area contributed by atoms with E-state index in [1.807, 2.05) is 0 Å². The van der Waals surface area contributed by atoms with Gasteiger partial charge in [-0.2, -0.15) is 13.2 Å². The van der Waals surface area contributed by atoms with E-state index in [2.05, 4.69) is 0 Å². The van der Waals surface area contributed by atoms with E-state index in [-0.39, 0.29) is 25.2 Å². The Morgan fingerprint density at radius 2 is 1.95 bits per heavy atom. The van der Waals surface area contributed by atoms with Crippen molar-refractivity contribution in [3.8, 4) is 0 Å². The zero-order valence-corrected chi connectivity index (χ0v) is 11.7. The Hall–Kier alpha value is -1.18. The van der Waals surface area contributed by atoms with Crippen LogP contribution in [0.3, 0.4) is 0 Å². The molecule has 1 rings (SSSR count). The van der Waals surface area contributed by atoms with Crippen molar-refractivity contribution in [3.05, 3.63) is 35.1 Å². The highest BCUT2D eigenvalue weighted by Crippen LogP contribution is 2.21. The predicted molar refractivity (Wildman–Crippen MR) is 70.2 cm³/mol. The van der Waals surface area contributed by atoms with Gasteiger partial charge in [-0.15, -0.1) is 0 Å². The minimum atomic E-state index is -4.33. The van der Waals surface area contributed by atoms with Crippen LogP contribution < -0.4 is 0 Å². The first-order chi connectivity index (χ1) is 9.71. The van der Waals surface area contributed by atoms with E-state index in [0.717, 1.165) is 5.56 Å². The second-order valence-electron chi connectivity index (χ2n) is 5.03. The van der Waals surface area contributed by atoms with Crippen molar-refractivity contribution in [1.29, 1.82) is 0 Å². The van der Waals surface area contributed by atoms with Crippen LogP contribution in [0.4, 0.5) is 17.6 Å². The fourth-order valence-electron chi connectivity index (χ4n) is 1.94. The van der Waals surface area contributed by atoms with Crippen molar-refractivity contribution in [2.75, 3.05) is 19.7 Å². The van der Waals surface area contributed by atoms with Crippen LogP contribution in [0.25, 0.3) is 0 Å². The number of aryl methyl sites for hydroxylation is 1. The summed E-state index contributed by atoms with van der Waals surface area (Å²) in [5.41, 5.74) is 1.06. The molecule has 0 unspecified atom stereocenters. The lowest BCUT2D eigenvalue weighted by atomic mass is 10.1. The van der Waals surface area contributed by atoms with Gasteiger partial charge in [0.05, 0.1) is 19.1 Å². The van der Waals surface area contributed by atoms with E-state index in [0.29, 0.717) is 0 Å². The zero-order chi connectivity index (χ0) is 16.0. The first-order valence-electron chi connectivity index (χ1n) is 6.54. The Kier molecular flexibility index (Phi) is 6.57. The highest BCUT2D eigenvalue weighted by Gasteiger charge is 2.28.